The van der Waals surface area contributed by atoms with Crippen LogP contribution >= 0.6 is 11.3 Å². The Labute approximate surface area is 169 Å². The Bertz CT molecular complexity index is 1110. The molecule has 0 saturated carbocycles. The van der Waals surface area contributed by atoms with Crippen LogP contribution in [0.2, 0.25) is 0 Å². The van der Waals surface area contributed by atoms with Gasteiger partial charge in [-0.1, -0.05) is 51.1 Å². The van der Waals surface area contributed by atoms with Gasteiger partial charge in [-0.15, -0.1) is 11.3 Å². The number of rotatable bonds is 4. The van der Waals surface area contributed by atoms with Crippen molar-refractivity contribution in [2.75, 3.05) is 12.4 Å². The topological polar surface area (TPSA) is 47.0 Å². The fourth-order valence-electron chi connectivity index (χ4n) is 3.06. The van der Waals surface area contributed by atoms with Crippen molar-refractivity contribution in [1.82, 2.24) is 9.97 Å². The van der Waals surface area contributed by atoms with Crippen LogP contribution in [0.5, 0.6) is 5.75 Å². The van der Waals surface area contributed by atoms with Gasteiger partial charge in [0.25, 0.3) is 0 Å². The van der Waals surface area contributed by atoms with Gasteiger partial charge in [0.15, 0.2) is 5.82 Å². The minimum Gasteiger partial charge on any atom is -0.497 e. The van der Waals surface area contributed by atoms with E-state index in [0.717, 1.165) is 27.5 Å². The van der Waals surface area contributed by atoms with Crippen LogP contribution < -0.4 is 10.1 Å². The van der Waals surface area contributed by atoms with E-state index in [1.54, 1.807) is 24.8 Å². The molecule has 4 rings (SSSR count). The molecule has 0 aliphatic rings. The van der Waals surface area contributed by atoms with E-state index in [-0.39, 0.29) is 5.41 Å². The molecule has 5 heteroatoms. The third kappa shape index (κ3) is 3.71. The van der Waals surface area contributed by atoms with Gasteiger partial charge >= 0.3 is 0 Å². The summed E-state index contributed by atoms with van der Waals surface area (Å²) in [6.45, 7) is 6.69. The van der Waals surface area contributed by atoms with Gasteiger partial charge in [-0.25, -0.2) is 9.97 Å². The van der Waals surface area contributed by atoms with Crippen LogP contribution in [0.25, 0.3) is 20.7 Å². The van der Waals surface area contributed by atoms with Crippen molar-refractivity contribution >= 4 is 33.1 Å². The summed E-state index contributed by atoms with van der Waals surface area (Å²) in [6, 6.07) is 18.7. The van der Waals surface area contributed by atoms with Crippen LogP contribution in [-0.2, 0) is 5.41 Å². The molecule has 0 fully saturated rings. The van der Waals surface area contributed by atoms with Crippen molar-refractivity contribution in [3.63, 3.8) is 0 Å². The van der Waals surface area contributed by atoms with Crippen molar-refractivity contribution in [1.29, 1.82) is 0 Å². The number of anilines is 2. The summed E-state index contributed by atoms with van der Waals surface area (Å²) in [7, 11) is 1.67. The van der Waals surface area contributed by atoms with Crippen LogP contribution in [0, 0.1) is 0 Å². The largest absolute Gasteiger partial charge is 0.497 e. The molecular formula is C23H23N3OS. The van der Waals surface area contributed by atoms with Crippen LogP contribution in [-0.4, -0.2) is 17.1 Å². The Kier molecular flexibility index (Phi) is 4.77. The van der Waals surface area contributed by atoms with E-state index in [0.29, 0.717) is 0 Å². The molecule has 0 aliphatic heterocycles. The van der Waals surface area contributed by atoms with Crippen LogP contribution in [0.4, 0.5) is 11.5 Å². The van der Waals surface area contributed by atoms with Crippen LogP contribution in [0.1, 0.15) is 26.3 Å². The molecule has 0 amide bonds. The Balaban J connectivity index is 1.69. The number of hydrogen-bond acceptors (Lipinski definition) is 5. The predicted octanol–water partition coefficient (Wildman–Crippen LogP) is 6.41. The maximum Gasteiger partial charge on any atom is 0.151 e. The minimum absolute atomic E-state index is 0.151. The van der Waals surface area contributed by atoms with Gasteiger partial charge in [-0.2, -0.15) is 0 Å². The quantitative estimate of drug-likeness (QED) is 0.438. The summed E-state index contributed by atoms with van der Waals surface area (Å²) in [5, 5.41) is 3.39. The fourth-order valence-corrected chi connectivity index (χ4v) is 4.12. The molecule has 4 aromatic rings. The average Bonchev–Trinajstić information content (AvgIpc) is 3.13. The lowest BCUT2D eigenvalue weighted by Gasteiger charge is -2.18. The maximum atomic E-state index is 5.31. The zero-order valence-electron chi connectivity index (χ0n) is 16.5. The molecule has 0 aliphatic carbocycles. The first kappa shape index (κ1) is 18.4. The number of hydrogen-bond donors (Lipinski definition) is 1. The van der Waals surface area contributed by atoms with Gasteiger partial charge in [0.1, 0.15) is 12.1 Å². The maximum absolute atomic E-state index is 5.31. The summed E-state index contributed by atoms with van der Waals surface area (Å²) in [5.74, 6) is 1.61. The summed E-state index contributed by atoms with van der Waals surface area (Å²) in [6.07, 6.45) is 1.60. The summed E-state index contributed by atoms with van der Waals surface area (Å²) in [4.78, 5) is 10.1. The van der Waals surface area contributed by atoms with Crippen molar-refractivity contribution in [2.45, 2.75) is 26.2 Å². The lowest BCUT2D eigenvalue weighted by Crippen LogP contribution is -2.10. The Morgan fingerprint density at radius 3 is 2.46 bits per heavy atom. The van der Waals surface area contributed by atoms with E-state index in [1.807, 2.05) is 24.3 Å². The van der Waals surface area contributed by atoms with E-state index in [2.05, 4.69) is 66.4 Å². The fraction of sp³-hybridized carbons (Fsp3) is 0.217. The molecular weight excluding hydrogens is 366 g/mol. The predicted molar refractivity (Wildman–Crippen MR) is 118 cm³/mol. The molecule has 2 aromatic carbocycles. The minimum atomic E-state index is 0.151. The Morgan fingerprint density at radius 2 is 1.75 bits per heavy atom. The highest BCUT2D eigenvalue weighted by molar-refractivity contribution is 7.22. The molecule has 0 unspecified atom stereocenters. The van der Waals surface area contributed by atoms with Crippen molar-refractivity contribution in [2.24, 2.45) is 0 Å². The normalized spacial score (nSPS) is 11.6. The molecule has 0 spiro atoms. The van der Waals surface area contributed by atoms with Crippen LogP contribution in [0.15, 0.2) is 60.9 Å². The number of nitrogens with zero attached hydrogens (tertiary/aromatic N) is 2. The highest BCUT2D eigenvalue weighted by Crippen LogP contribution is 2.37. The van der Waals surface area contributed by atoms with Crippen LogP contribution in [0.3, 0.4) is 0 Å². The van der Waals surface area contributed by atoms with E-state index in [1.165, 1.54) is 16.0 Å². The summed E-state index contributed by atoms with van der Waals surface area (Å²) in [5.41, 5.74) is 4.56. The summed E-state index contributed by atoms with van der Waals surface area (Å²) >= 11 is 1.70. The second-order valence-electron chi connectivity index (χ2n) is 7.73. The monoisotopic (exact) mass is 389 g/mol. The number of thiophene rings is 1. The molecule has 0 saturated heterocycles. The third-order valence-electron chi connectivity index (χ3n) is 4.68. The zero-order chi connectivity index (χ0) is 19.7. The van der Waals surface area contributed by atoms with Gasteiger partial charge in [-0.3, -0.25) is 0 Å². The molecule has 4 nitrogen and oxygen atoms in total. The molecule has 2 aromatic heterocycles. The smallest absolute Gasteiger partial charge is 0.151 e. The highest BCUT2D eigenvalue weighted by Gasteiger charge is 2.15. The Morgan fingerprint density at radius 1 is 0.964 bits per heavy atom. The van der Waals surface area contributed by atoms with Crippen molar-refractivity contribution < 1.29 is 4.74 Å². The third-order valence-corrected chi connectivity index (χ3v) is 5.86. The van der Waals surface area contributed by atoms with E-state index < -0.39 is 0 Å². The standard InChI is InChI=1S/C23H23N3OS/c1-23(2,3)16-10-8-15(9-11-16)20-13-19-21(28-20)22(25-14-24-19)26-17-6-5-7-18(12-17)27-4/h5-14H,1-4H3,(H,24,25,26). The highest BCUT2D eigenvalue weighted by atomic mass is 32.1. The SMILES string of the molecule is COc1cccc(Nc2ncnc3cc(-c4ccc(C(C)(C)C)cc4)sc23)c1. The second-order valence-corrected chi connectivity index (χ2v) is 8.78. The number of ether oxygens (including phenoxy) is 1. The van der Waals surface area contributed by atoms with Crippen molar-refractivity contribution in [3.8, 4) is 16.2 Å². The van der Waals surface area contributed by atoms with Gasteiger partial charge in [0.2, 0.25) is 0 Å². The second kappa shape index (κ2) is 7.24. The number of benzene rings is 2. The first-order valence-corrected chi connectivity index (χ1v) is 10.0. The number of fused-ring (bicyclic) bond motifs is 1. The molecule has 142 valence electrons. The van der Waals surface area contributed by atoms with E-state index in [4.69, 9.17) is 4.74 Å². The average molecular weight is 390 g/mol. The molecule has 2 heterocycles. The molecule has 28 heavy (non-hydrogen) atoms. The number of aromatic nitrogens is 2. The number of methoxy groups -OCH3 is 1. The van der Waals surface area contributed by atoms with Gasteiger partial charge in [0, 0.05) is 16.6 Å². The Hall–Kier alpha value is -2.92. The molecule has 0 atom stereocenters. The lowest BCUT2D eigenvalue weighted by molar-refractivity contribution is 0.415. The van der Waals surface area contributed by atoms with E-state index >= 15 is 0 Å². The van der Waals surface area contributed by atoms with Gasteiger partial charge in [0.05, 0.1) is 17.3 Å². The molecule has 0 bridgehead atoms. The van der Waals surface area contributed by atoms with Gasteiger partial charge < -0.3 is 10.1 Å². The molecule has 0 radical (unpaired) electrons. The van der Waals surface area contributed by atoms with Crippen molar-refractivity contribution in [3.05, 3.63) is 66.5 Å². The van der Waals surface area contributed by atoms with E-state index in [9.17, 15) is 0 Å². The zero-order valence-corrected chi connectivity index (χ0v) is 17.3. The molecule has 1 N–H and O–H groups in total. The van der Waals surface area contributed by atoms with Gasteiger partial charge in [-0.05, 0) is 34.7 Å². The summed E-state index contributed by atoms with van der Waals surface area (Å²) < 4.78 is 6.35. The lowest BCUT2D eigenvalue weighted by atomic mass is 9.86. The number of nitrogens with one attached hydrogen (secondary N) is 1. The first-order chi connectivity index (χ1) is 13.4. The first-order valence-electron chi connectivity index (χ1n) is 9.20.